The molecule has 4 rings (SSSR count). The number of carbonyl (C=O) groups excluding carboxylic acids is 1. The van der Waals surface area contributed by atoms with Gasteiger partial charge in [-0.15, -0.1) is 0 Å². The lowest BCUT2D eigenvalue weighted by atomic mass is 10.1. The highest BCUT2D eigenvalue weighted by Crippen LogP contribution is 2.31. The Hall–Kier alpha value is -2.78. The average Bonchev–Trinajstić information content (AvgIpc) is 2.89. The second kappa shape index (κ2) is 13.7. The van der Waals surface area contributed by atoms with Crippen LogP contribution in [0.4, 0.5) is 11.5 Å². The Bertz CT molecular complexity index is 1180. The predicted octanol–water partition coefficient (Wildman–Crippen LogP) is 4.33. The highest BCUT2D eigenvalue weighted by Gasteiger charge is 2.15. The monoisotopic (exact) mass is 523 g/mol. The first kappa shape index (κ1) is 27.3. The molecule has 3 aromatic rings. The van der Waals surface area contributed by atoms with Crippen molar-refractivity contribution in [2.75, 3.05) is 70.5 Å². The van der Waals surface area contributed by atoms with E-state index in [0.717, 1.165) is 68.0 Å². The number of likely N-dealkylation sites (tertiary alicyclic amines) is 1. The zero-order valence-corrected chi connectivity index (χ0v) is 22.7. The van der Waals surface area contributed by atoms with Gasteiger partial charge in [0.1, 0.15) is 5.82 Å². The maximum Gasteiger partial charge on any atom is 0.238 e. The molecule has 198 valence electrons. The van der Waals surface area contributed by atoms with Gasteiger partial charge in [0.05, 0.1) is 17.7 Å². The van der Waals surface area contributed by atoms with E-state index in [9.17, 15) is 4.79 Å². The van der Waals surface area contributed by atoms with Crippen molar-refractivity contribution in [3.63, 3.8) is 0 Å². The molecule has 0 aliphatic carbocycles. The summed E-state index contributed by atoms with van der Waals surface area (Å²) in [4.78, 5) is 27.1. The normalized spacial score (nSPS) is 14.3. The number of carbonyl (C=O) groups is 1. The molecule has 1 saturated heterocycles. The minimum Gasteiger partial charge on any atom is -0.369 e. The molecule has 1 aliphatic rings. The van der Waals surface area contributed by atoms with Crippen LogP contribution in [0.1, 0.15) is 25.7 Å². The summed E-state index contributed by atoms with van der Waals surface area (Å²) < 4.78 is 0. The maximum absolute atomic E-state index is 12.8. The van der Waals surface area contributed by atoms with Crippen LogP contribution in [-0.2, 0) is 4.79 Å². The van der Waals surface area contributed by atoms with Crippen molar-refractivity contribution in [1.82, 2.24) is 25.1 Å². The van der Waals surface area contributed by atoms with E-state index in [4.69, 9.17) is 21.6 Å². The van der Waals surface area contributed by atoms with E-state index < -0.39 is 0 Å². The number of piperidine rings is 1. The summed E-state index contributed by atoms with van der Waals surface area (Å²) >= 11 is 6.31. The van der Waals surface area contributed by atoms with Crippen molar-refractivity contribution in [2.24, 2.45) is 0 Å². The zero-order chi connectivity index (χ0) is 26.0. The average molecular weight is 524 g/mol. The number of nitrogens with one attached hydrogen (secondary N) is 3. The smallest absolute Gasteiger partial charge is 0.238 e. The quantitative estimate of drug-likeness (QED) is 0.305. The fourth-order valence-electron chi connectivity index (χ4n) is 4.57. The second-order valence-corrected chi connectivity index (χ2v) is 10.3. The van der Waals surface area contributed by atoms with Gasteiger partial charge in [0.2, 0.25) is 5.91 Å². The maximum atomic E-state index is 12.8. The summed E-state index contributed by atoms with van der Waals surface area (Å²) in [5.74, 6) is 1.20. The van der Waals surface area contributed by atoms with Crippen molar-refractivity contribution in [1.29, 1.82) is 0 Å². The molecule has 1 aliphatic heterocycles. The molecule has 9 heteroatoms. The first-order chi connectivity index (χ1) is 18.0. The molecule has 0 unspecified atom stereocenters. The Labute approximate surface area is 224 Å². The first-order valence-corrected chi connectivity index (χ1v) is 13.6. The number of amides is 1. The Balaban J connectivity index is 1.47. The lowest BCUT2D eigenvalue weighted by Gasteiger charge is -2.26. The van der Waals surface area contributed by atoms with Gasteiger partial charge in [-0.05, 0) is 83.3 Å². The minimum atomic E-state index is -0.120. The van der Waals surface area contributed by atoms with Gasteiger partial charge in [-0.25, -0.2) is 9.97 Å². The highest BCUT2D eigenvalue weighted by atomic mass is 35.5. The first-order valence-electron chi connectivity index (χ1n) is 13.2. The van der Waals surface area contributed by atoms with Gasteiger partial charge in [-0.1, -0.05) is 30.2 Å². The lowest BCUT2D eigenvalue weighted by molar-refractivity contribution is -0.115. The van der Waals surface area contributed by atoms with E-state index in [1.165, 1.54) is 19.3 Å². The molecule has 0 radical (unpaired) electrons. The van der Waals surface area contributed by atoms with Crippen LogP contribution in [0.5, 0.6) is 0 Å². The summed E-state index contributed by atoms with van der Waals surface area (Å²) in [6, 6.07) is 13.4. The van der Waals surface area contributed by atoms with Crippen molar-refractivity contribution in [3.05, 3.63) is 47.5 Å². The molecule has 8 nitrogen and oxygen atoms in total. The number of halogens is 1. The number of benzene rings is 2. The van der Waals surface area contributed by atoms with E-state index in [2.05, 4.69) is 39.8 Å². The molecule has 1 aromatic heterocycles. The topological polar surface area (TPSA) is 85.4 Å². The van der Waals surface area contributed by atoms with Crippen LogP contribution in [0.25, 0.3) is 22.3 Å². The molecular weight excluding hydrogens is 486 g/mol. The third-order valence-corrected chi connectivity index (χ3v) is 6.75. The number of rotatable bonds is 12. The third-order valence-electron chi connectivity index (χ3n) is 6.51. The summed E-state index contributed by atoms with van der Waals surface area (Å²) in [5.41, 5.74) is 2.17. The summed E-state index contributed by atoms with van der Waals surface area (Å²) in [6.45, 7) is 6.07. The van der Waals surface area contributed by atoms with Crippen LogP contribution in [0.2, 0.25) is 5.02 Å². The van der Waals surface area contributed by atoms with Gasteiger partial charge < -0.3 is 25.8 Å². The fourth-order valence-corrected chi connectivity index (χ4v) is 4.74. The van der Waals surface area contributed by atoms with E-state index in [0.29, 0.717) is 16.5 Å². The molecule has 2 heterocycles. The van der Waals surface area contributed by atoms with Crippen molar-refractivity contribution >= 4 is 39.9 Å². The van der Waals surface area contributed by atoms with Gasteiger partial charge >= 0.3 is 0 Å². The fraction of sp³-hybridized carbons (Fsp3) is 0.464. The number of hydrogen-bond acceptors (Lipinski definition) is 7. The Morgan fingerprint density at radius 1 is 1.05 bits per heavy atom. The molecule has 0 bridgehead atoms. The number of anilines is 2. The van der Waals surface area contributed by atoms with Crippen molar-refractivity contribution in [2.45, 2.75) is 25.7 Å². The van der Waals surface area contributed by atoms with Gasteiger partial charge in [-0.3, -0.25) is 4.79 Å². The molecule has 0 atom stereocenters. The Morgan fingerprint density at radius 2 is 1.86 bits per heavy atom. The van der Waals surface area contributed by atoms with E-state index in [1.807, 2.05) is 30.3 Å². The van der Waals surface area contributed by atoms with Crippen LogP contribution in [0.15, 0.2) is 42.5 Å². The van der Waals surface area contributed by atoms with E-state index in [1.54, 1.807) is 12.1 Å². The predicted molar refractivity (Wildman–Crippen MR) is 153 cm³/mol. The summed E-state index contributed by atoms with van der Waals surface area (Å²) in [5, 5.41) is 11.3. The molecular formula is C28H38ClN7O. The molecule has 0 saturated carbocycles. The number of para-hydroxylation sites is 1. The SMILES string of the molecule is CN(C)CCCNc1nc(-c2ccc(Cl)cc2NC(=O)CNCCN2CCCCC2)nc2ccccc12. The van der Waals surface area contributed by atoms with Crippen LogP contribution in [-0.4, -0.2) is 85.6 Å². The standard InChI is InChI=1S/C28H38ClN7O/c1-35(2)15-8-13-31-27-22-9-4-5-10-24(22)33-28(34-27)23-12-11-21(29)19-25(23)32-26(37)20-30-14-18-36-16-6-3-7-17-36/h4-5,9-12,19,30H,3,6-8,13-18,20H2,1-2H3,(H,32,37)(H,31,33,34). The number of hydrogen-bond donors (Lipinski definition) is 3. The summed E-state index contributed by atoms with van der Waals surface area (Å²) in [7, 11) is 4.14. The largest absolute Gasteiger partial charge is 0.369 e. The molecule has 1 amide bonds. The number of aromatic nitrogens is 2. The van der Waals surface area contributed by atoms with Crippen LogP contribution in [0, 0.1) is 0 Å². The molecule has 2 aromatic carbocycles. The van der Waals surface area contributed by atoms with Crippen LogP contribution in [0.3, 0.4) is 0 Å². The minimum absolute atomic E-state index is 0.120. The van der Waals surface area contributed by atoms with Gasteiger partial charge in [0, 0.05) is 35.6 Å². The number of fused-ring (bicyclic) bond motifs is 1. The lowest BCUT2D eigenvalue weighted by Crippen LogP contribution is -2.38. The van der Waals surface area contributed by atoms with Crippen molar-refractivity contribution in [3.8, 4) is 11.4 Å². The highest BCUT2D eigenvalue weighted by molar-refractivity contribution is 6.31. The van der Waals surface area contributed by atoms with Crippen molar-refractivity contribution < 1.29 is 4.79 Å². The molecule has 0 spiro atoms. The molecule has 3 N–H and O–H groups in total. The van der Waals surface area contributed by atoms with Gasteiger partial charge in [-0.2, -0.15) is 0 Å². The van der Waals surface area contributed by atoms with E-state index in [-0.39, 0.29) is 12.5 Å². The van der Waals surface area contributed by atoms with Crippen LogP contribution >= 0.6 is 11.6 Å². The third kappa shape index (κ3) is 8.10. The Morgan fingerprint density at radius 3 is 2.68 bits per heavy atom. The van der Waals surface area contributed by atoms with E-state index >= 15 is 0 Å². The van der Waals surface area contributed by atoms with Gasteiger partial charge in [0.15, 0.2) is 5.82 Å². The zero-order valence-electron chi connectivity index (χ0n) is 21.9. The molecule has 37 heavy (non-hydrogen) atoms. The summed E-state index contributed by atoms with van der Waals surface area (Å²) in [6.07, 6.45) is 4.85. The Kier molecular flexibility index (Phi) is 10.1. The van der Waals surface area contributed by atoms with Gasteiger partial charge in [0.25, 0.3) is 0 Å². The van der Waals surface area contributed by atoms with Crippen LogP contribution < -0.4 is 16.0 Å². The number of nitrogens with zero attached hydrogens (tertiary/aromatic N) is 4. The molecule has 1 fully saturated rings. The second-order valence-electron chi connectivity index (χ2n) is 9.81.